The van der Waals surface area contributed by atoms with Crippen LogP contribution in [0.15, 0.2) is 24.3 Å². The molecule has 6 nitrogen and oxygen atoms in total. The molecular formula is C24H33F3N4O2. The predicted molar refractivity (Wildman–Crippen MR) is 123 cm³/mol. The van der Waals surface area contributed by atoms with Crippen molar-refractivity contribution in [3.05, 3.63) is 41.2 Å². The van der Waals surface area contributed by atoms with Crippen molar-refractivity contribution in [3.8, 4) is 5.75 Å². The van der Waals surface area contributed by atoms with E-state index in [4.69, 9.17) is 0 Å². The molecule has 0 unspecified atom stereocenters. The van der Waals surface area contributed by atoms with Gasteiger partial charge in [0.15, 0.2) is 11.6 Å². The number of carbonyl (C=O) groups is 1. The van der Waals surface area contributed by atoms with E-state index in [1.165, 1.54) is 12.1 Å². The van der Waals surface area contributed by atoms with Crippen LogP contribution in [0.3, 0.4) is 0 Å². The van der Waals surface area contributed by atoms with Crippen molar-refractivity contribution in [2.75, 3.05) is 16.8 Å². The number of nitrogens with one attached hydrogen (secondary N) is 1. The third-order valence-corrected chi connectivity index (χ3v) is 4.74. The van der Waals surface area contributed by atoms with Gasteiger partial charge in [0.25, 0.3) is 0 Å². The number of halogens is 3. The van der Waals surface area contributed by atoms with Crippen LogP contribution >= 0.6 is 0 Å². The van der Waals surface area contributed by atoms with Gasteiger partial charge in [-0.05, 0) is 42.9 Å². The van der Waals surface area contributed by atoms with Crippen LogP contribution in [0.1, 0.15) is 64.4 Å². The van der Waals surface area contributed by atoms with Crippen molar-refractivity contribution in [2.24, 2.45) is 5.41 Å². The number of aromatic nitrogens is 2. The number of nitrogens with zero attached hydrogens (tertiary/aromatic N) is 3. The maximum atomic E-state index is 12.3. The number of alkyl halides is 3. The normalized spacial score (nSPS) is 13.5. The summed E-state index contributed by atoms with van der Waals surface area (Å²) >= 11 is 0. The molecule has 0 fully saturated rings. The average molecular weight is 467 g/mol. The van der Waals surface area contributed by atoms with Gasteiger partial charge in [0, 0.05) is 19.5 Å². The van der Waals surface area contributed by atoms with E-state index in [9.17, 15) is 18.0 Å². The molecule has 0 saturated carbocycles. The fourth-order valence-corrected chi connectivity index (χ4v) is 3.45. The Morgan fingerprint density at radius 1 is 1.12 bits per heavy atom. The van der Waals surface area contributed by atoms with Crippen LogP contribution in [0.4, 0.5) is 24.8 Å². The first-order valence-electron chi connectivity index (χ1n) is 11.2. The number of anilines is 2. The van der Waals surface area contributed by atoms with E-state index in [0.717, 1.165) is 36.5 Å². The van der Waals surface area contributed by atoms with Crippen LogP contribution in [0.2, 0.25) is 0 Å². The van der Waals surface area contributed by atoms with E-state index in [1.54, 1.807) is 19.1 Å². The van der Waals surface area contributed by atoms with Crippen LogP contribution in [0.25, 0.3) is 0 Å². The summed E-state index contributed by atoms with van der Waals surface area (Å²) < 4.78 is 40.9. The number of hydrogen-bond donors (Lipinski definition) is 1. The Bertz CT molecular complexity index is 938. The van der Waals surface area contributed by atoms with Gasteiger partial charge in [-0.15, -0.1) is 13.2 Å². The highest BCUT2D eigenvalue weighted by Gasteiger charge is 2.31. The lowest BCUT2D eigenvalue weighted by molar-refractivity contribution is -0.274. The quantitative estimate of drug-likeness (QED) is 0.582. The standard InChI is InChI=1S/C22H27F3N4O2.C2H6/c1-14-19(28-18(30)12-21(2,3)4)27-17-6-5-11-29(20(17)26-14)13-15-7-9-16(10-8-15)31-22(23,24)25;1-2/h7-10H,5-6,11-13H2,1-4H3,(H,27,28,30);1-2H3. The molecule has 2 aromatic rings. The van der Waals surface area contributed by atoms with Gasteiger partial charge in [-0.25, -0.2) is 9.97 Å². The number of benzene rings is 1. The Labute approximate surface area is 193 Å². The maximum absolute atomic E-state index is 12.3. The van der Waals surface area contributed by atoms with Gasteiger partial charge in [-0.1, -0.05) is 46.8 Å². The van der Waals surface area contributed by atoms with Crippen LogP contribution in [-0.2, 0) is 17.8 Å². The molecule has 1 aromatic carbocycles. The molecule has 0 bridgehead atoms. The van der Waals surface area contributed by atoms with Gasteiger partial charge >= 0.3 is 6.36 Å². The summed E-state index contributed by atoms with van der Waals surface area (Å²) in [7, 11) is 0. The van der Waals surface area contributed by atoms with Gasteiger partial charge in [0.05, 0.1) is 11.4 Å². The minimum Gasteiger partial charge on any atom is -0.406 e. The molecule has 0 aliphatic carbocycles. The van der Waals surface area contributed by atoms with E-state index >= 15 is 0 Å². The second-order valence-electron chi connectivity index (χ2n) is 8.93. The van der Waals surface area contributed by atoms with E-state index < -0.39 is 6.36 Å². The molecule has 0 spiro atoms. The number of ether oxygens (including phenoxy) is 1. The summed E-state index contributed by atoms with van der Waals surface area (Å²) in [6.07, 6.45) is -2.71. The van der Waals surface area contributed by atoms with Crippen molar-refractivity contribution < 1.29 is 22.7 Å². The molecule has 0 saturated heterocycles. The highest BCUT2D eigenvalue weighted by Crippen LogP contribution is 2.29. The third-order valence-electron chi connectivity index (χ3n) is 4.74. The van der Waals surface area contributed by atoms with Gasteiger partial charge < -0.3 is 15.0 Å². The predicted octanol–water partition coefficient (Wildman–Crippen LogP) is 6.04. The van der Waals surface area contributed by atoms with E-state index in [-0.39, 0.29) is 17.1 Å². The summed E-state index contributed by atoms with van der Waals surface area (Å²) in [5.41, 5.74) is 2.14. The van der Waals surface area contributed by atoms with Crippen molar-refractivity contribution in [3.63, 3.8) is 0 Å². The largest absolute Gasteiger partial charge is 0.573 e. The third kappa shape index (κ3) is 8.22. The lowest BCUT2D eigenvalue weighted by Crippen LogP contribution is -2.31. The summed E-state index contributed by atoms with van der Waals surface area (Å²) in [5, 5.41) is 2.87. The molecule has 1 amide bonds. The van der Waals surface area contributed by atoms with Crippen molar-refractivity contribution >= 4 is 17.5 Å². The molecule has 0 atom stereocenters. The van der Waals surface area contributed by atoms with Gasteiger partial charge in [-0.2, -0.15) is 0 Å². The number of rotatable bonds is 5. The smallest absolute Gasteiger partial charge is 0.406 e. The Kier molecular flexibility index (Phi) is 8.69. The monoisotopic (exact) mass is 466 g/mol. The van der Waals surface area contributed by atoms with Gasteiger partial charge in [0.2, 0.25) is 5.91 Å². The minimum atomic E-state index is -4.71. The summed E-state index contributed by atoms with van der Waals surface area (Å²) in [5.74, 6) is 0.872. The highest BCUT2D eigenvalue weighted by atomic mass is 19.4. The molecule has 1 N–H and O–H groups in total. The lowest BCUT2D eigenvalue weighted by Gasteiger charge is -2.30. The molecule has 1 aliphatic rings. The summed E-state index contributed by atoms with van der Waals surface area (Å²) in [6.45, 7) is 13.0. The van der Waals surface area contributed by atoms with Crippen LogP contribution in [-0.4, -0.2) is 28.8 Å². The van der Waals surface area contributed by atoms with Gasteiger partial charge in [-0.3, -0.25) is 4.79 Å². The van der Waals surface area contributed by atoms with Crippen LogP contribution in [0.5, 0.6) is 5.75 Å². The number of amides is 1. The Balaban J connectivity index is 0.00000187. The average Bonchev–Trinajstić information content (AvgIpc) is 2.70. The van der Waals surface area contributed by atoms with Crippen molar-refractivity contribution in [2.45, 2.75) is 73.7 Å². The van der Waals surface area contributed by atoms with Crippen LogP contribution < -0.4 is 15.0 Å². The SMILES string of the molecule is CC.Cc1nc2c(nc1NC(=O)CC(C)(C)C)CCCN2Cc1ccc(OC(F)(F)F)cc1. The number of hydrogen-bond acceptors (Lipinski definition) is 5. The fraction of sp³-hybridized carbons (Fsp3) is 0.542. The van der Waals surface area contributed by atoms with E-state index in [1.807, 2.05) is 34.6 Å². The zero-order chi connectivity index (χ0) is 24.8. The molecule has 9 heteroatoms. The molecular weight excluding hydrogens is 433 g/mol. The number of aryl methyl sites for hydroxylation is 2. The zero-order valence-electron chi connectivity index (χ0n) is 20.1. The highest BCUT2D eigenvalue weighted by molar-refractivity contribution is 5.90. The topological polar surface area (TPSA) is 67.4 Å². The fourth-order valence-electron chi connectivity index (χ4n) is 3.45. The second kappa shape index (κ2) is 10.9. The molecule has 182 valence electrons. The first kappa shape index (κ1) is 26.4. The van der Waals surface area contributed by atoms with Crippen molar-refractivity contribution in [1.82, 2.24) is 9.97 Å². The van der Waals surface area contributed by atoms with E-state index in [0.29, 0.717) is 24.5 Å². The maximum Gasteiger partial charge on any atom is 0.573 e. The van der Waals surface area contributed by atoms with Crippen LogP contribution in [0, 0.1) is 12.3 Å². The molecule has 1 aliphatic heterocycles. The second-order valence-corrected chi connectivity index (χ2v) is 8.93. The Morgan fingerprint density at radius 2 is 1.76 bits per heavy atom. The lowest BCUT2D eigenvalue weighted by atomic mass is 9.92. The Hall–Kier alpha value is -2.84. The Morgan fingerprint density at radius 3 is 2.33 bits per heavy atom. The zero-order valence-corrected chi connectivity index (χ0v) is 20.1. The van der Waals surface area contributed by atoms with Crippen molar-refractivity contribution in [1.29, 1.82) is 0 Å². The van der Waals surface area contributed by atoms with Gasteiger partial charge in [0.1, 0.15) is 5.75 Å². The number of carbonyl (C=O) groups excluding carboxylic acids is 1. The molecule has 0 radical (unpaired) electrons. The molecule has 2 heterocycles. The first-order valence-corrected chi connectivity index (χ1v) is 11.2. The number of fused-ring (bicyclic) bond motifs is 1. The summed E-state index contributed by atoms with van der Waals surface area (Å²) in [4.78, 5) is 23.7. The minimum absolute atomic E-state index is 0.0984. The molecule has 1 aromatic heterocycles. The summed E-state index contributed by atoms with van der Waals surface area (Å²) in [6, 6.07) is 5.82. The van der Waals surface area contributed by atoms with E-state index in [2.05, 4.69) is 24.9 Å². The first-order chi connectivity index (χ1) is 15.4. The molecule has 3 rings (SSSR count). The molecule has 33 heavy (non-hydrogen) atoms.